The van der Waals surface area contributed by atoms with Gasteiger partial charge in [0.2, 0.25) is 0 Å². The molecule has 0 N–H and O–H groups in total. The Balaban J connectivity index is 2.15. The van der Waals surface area contributed by atoms with E-state index < -0.39 is 0 Å². The van der Waals surface area contributed by atoms with Gasteiger partial charge in [0.1, 0.15) is 5.75 Å². The number of hydrogen-bond donors (Lipinski definition) is 0. The highest BCUT2D eigenvalue weighted by Crippen LogP contribution is 2.29. The molecule has 0 atom stereocenters. The Labute approximate surface area is 119 Å². The Morgan fingerprint density at radius 2 is 1.95 bits per heavy atom. The minimum absolute atomic E-state index is 0.276. The zero-order valence-electron chi connectivity index (χ0n) is 12.2. The van der Waals surface area contributed by atoms with Crippen LogP contribution in [0.25, 0.3) is 5.69 Å². The van der Waals surface area contributed by atoms with Gasteiger partial charge < -0.3 is 9.30 Å². The maximum atomic E-state index is 12.0. The molecule has 0 saturated heterocycles. The largest absolute Gasteiger partial charge is 0.496 e. The smallest absolute Gasteiger partial charge is 0.164 e. The lowest BCUT2D eigenvalue weighted by Gasteiger charge is -2.17. The minimum Gasteiger partial charge on any atom is -0.496 e. The van der Waals surface area contributed by atoms with Crippen LogP contribution in [-0.2, 0) is 6.42 Å². The van der Waals surface area contributed by atoms with Crippen LogP contribution in [0.3, 0.4) is 0 Å². The molecule has 1 aliphatic rings. The monoisotopic (exact) mass is 269 g/mol. The summed E-state index contributed by atoms with van der Waals surface area (Å²) in [6.45, 7) is 4.10. The second-order valence-electron chi connectivity index (χ2n) is 5.41. The highest BCUT2D eigenvalue weighted by atomic mass is 16.5. The predicted octanol–water partition coefficient (Wildman–Crippen LogP) is 3.62. The number of hydrogen-bond acceptors (Lipinski definition) is 2. The third-order valence-electron chi connectivity index (χ3n) is 4.04. The highest BCUT2D eigenvalue weighted by Gasteiger charge is 2.23. The van der Waals surface area contributed by atoms with Crippen molar-refractivity contribution in [1.82, 2.24) is 4.57 Å². The highest BCUT2D eigenvalue weighted by molar-refractivity contribution is 5.98. The van der Waals surface area contributed by atoms with E-state index in [2.05, 4.69) is 23.6 Å². The summed E-state index contributed by atoms with van der Waals surface area (Å²) < 4.78 is 7.52. The molecule has 3 heteroatoms. The number of aromatic nitrogens is 1. The van der Waals surface area contributed by atoms with E-state index in [1.165, 1.54) is 0 Å². The van der Waals surface area contributed by atoms with Crippen molar-refractivity contribution in [2.24, 2.45) is 0 Å². The Kier molecular flexibility index (Phi) is 3.13. The summed E-state index contributed by atoms with van der Waals surface area (Å²) in [4.78, 5) is 12.0. The summed E-state index contributed by atoms with van der Waals surface area (Å²) >= 11 is 0. The molecule has 3 nitrogen and oxygen atoms in total. The Hall–Kier alpha value is -2.03. The molecule has 20 heavy (non-hydrogen) atoms. The van der Waals surface area contributed by atoms with Crippen molar-refractivity contribution >= 4 is 5.78 Å². The van der Waals surface area contributed by atoms with Gasteiger partial charge in [0.25, 0.3) is 0 Å². The molecule has 1 heterocycles. The van der Waals surface area contributed by atoms with Crippen LogP contribution in [0.4, 0.5) is 0 Å². The van der Waals surface area contributed by atoms with E-state index in [0.717, 1.165) is 46.8 Å². The first-order chi connectivity index (χ1) is 9.61. The van der Waals surface area contributed by atoms with Crippen LogP contribution in [-0.4, -0.2) is 17.5 Å². The van der Waals surface area contributed by atoms with Gasteiger partial charge in [0.15, 0.2) is 5.78 Å². The number of carbonyl (C=O) groups excluding carboxylic acids is 1. The number of carbonyl (C=O) groups is 1. The molecule has 104 valence electrons. The number of aryl methyl sites for hydroxylation is 2. The van der Waals surface area contributed by atoms with Crippen molar-refractivity contribution in [3.63, 3.8) is 0 Å². The molecule has 1 aromatic carbocycles. The number of nitrogens with zero attached hydrogens (tertiary/aromatic N) is 1. The van der Waals surface area contributed by atoms with Gasteiger partial charge in [-0.1, -0.05) is 0 Å². The third kappa shape index (κ3) is 1.94. The molecule has 2 aromatic rings. The number of ether oxygens (including phenoxy) is 1. The van der Waals surface area contributed by atoms with E-state index in [-0.39, 0.29) is 5.78 Å². The fourth-order valence-corrected chi connectivity index (χ4v) is 3.09. The second kappa shape index (κ2) is 4.82. The van der Waals surface area contributed by atoms with Gasteiger partial charge in [0, 0.05) is 29.1 Å². The fourth-order valence-electron chi connectivity index (χ4n) is 3.09. The number of Topliss-reactive ketones (excluding diaryl/α,β-unsaturated/α-hetero) is 1. The van der Waals surface area contributed by atoms with Crippen molar-refractivity contribution in [2.45, 2.75) is 33.1 Å². The first kappa shape index (κ1) is 13.0. The maximum absolute atomic E-state index is 12.0. The summed E-state index contributed by atoms with van der Waals surface area (Å²) in [6.07, 6.45) is 2.60. The van der Waals surface area contributed by atoms with Crippen molar-refractivity contribution < 1.29 is 9.53 Å². The zero-order chi connectivity index (χ0) is 14.3. The van der Waals surface area contributed by atoms with Crippen LogP contribution in [0.2, 0.25) is 0 Å². The van der Waals surface area contributed by atoms with Gasteiger partial charge in [0.05, 0.1) is 7.11 Å². The van der Waals surface area contributed by atoms with Gasteiger partial charge >= 0.3 is 0 Å². The van der Waals surface area contributed by atoms with E-state index in [0.29, 0.717) is 6.42 Å². The number of benzene rings is 1. The summed E-state index contributed by atoms with van der Waals surface area (Å²) in [5.74, 6) is 1.17. The molecular formula is C17H19NO2. The molecule has 1 aromatic heterocycles. The van der Waals surface area contributed by atoms with Gasteiger partial charge in [-0.2, -0.15) is 0 Å². The molecule has 3 rings (SSSR count). The molecule has 0 radical (unpaired) electrons. The van der Waals surface area contributed by atoms with Crippen molar-refractivity contribution in [3.05, 3.63) is 46.8 Å². The lowest BCUT2D eigenvalue weighted by molar-refractivity contribution is 0.0972. The molecule has 0 spiro atoms. The average Bonchev–Trinajstić information content (AvgIpc) is 2.76. The molecule has 0 unspecified atom stereocenters. The van der Waals surface area contributed by atoms with Gasteiger partial charge in [-0.25, -0.2) is 0 Å². The summed E-state index contributed by atoms with van der Waals surface area (Å²) in [6, 6.07) is 8.18. The molecule has 0 amide bonds. The number of ketones is 1. The van der Waals surface area contributed by atoms with E-state index in [9.17, 15) is 4.79 Å². The first-order valence-electron chi connectivity index (χ1n) is 7.01. The Morgan fingerprint density at radius 3 is 2.65 bits per heavy atom. The van der Waals surface area contributed by atoms with E-state index >= 15 is 0 Å². The predicted molar refractivity (Wildman–Crippen MR) is 79.1 cm³/mol. The lowest BCUT2D eigenvalue weighted by atomic mass is 9.96. The molecule has 0 fully saturated rings. The molecule has 0 bridgehead atoms. The second-order valence-corrected chi connectivity index (χ2v) is 5.41. The van der Waals surface area contributed by atoms with E-state index in [4.69, 9.17) is 4.74 Å². The molecule has 0 saturated carbocycles. The molecule has 0 aliphatic heterocycles. The summed E-state index contributed by atoms with van der Waals surface area (Å²) in [7, 11) is 1.68. The van der Waals surface area contributed by atoms with Crippen LogP contribution in [0.15, 0.2) is 24.3 Å². The normalized spacial score (nSPS) is 14.2. The number of rotatable bonds is 2. The maximum Gasteiger partial charge on any atom is 0.164 e. The Bertz CT molecular complexity index is 683. The van der Waals surface area contributed by atoms with Gasteiger partial charge in [-0.3, -0.25) is 4.79 Å². The van der Waals surface area contributed by atoms with E-state index in [1.807, 2.05) is 19.1 Å². The van der Waals surface area contributed by atoms with Crippen LogP contribution < -0.4 is 4.74 Å². The van der Waals surface area contributed by atoms with Crippen LogP contribution >= 0.6 is 0 Å². The van der Waals surface area contributed by atoms with Crippen molar-refractivity contribution in [1.29, 1.82) is 0 Å². The topological polar surface area (TPSA) is 31.2 Å². The van der Waals surface area contributed by atoms with Crippen molar-refractivity contribution in [3.8, 4) is 11.4 Å². The fraction of sp³-hybridized carbons (Fsp3) is 0.353. The Morgan fingerprint density at radius 1 is 1.15 bits per heavy atom. The molecule has 1 aliphatic carbocycles. The first-order valence-corrected chi connectivity index (χ1v) is 7.01. The van der Waals surface area contributed by atoms with Crippen LogP contribution in [0.5, 0.6) is 5.75 Å². The SMILES string of the molecule is COc1ccc(-n2c(C)cc3c2CCCC3=O)cc1C. The lowest BCUT2D eigenvalue weighted by Crippen LogP contribution is -2.12. The van der Waals surface area contributed by atoms with Crippen molar-refractivity contribution in [2.75, 3.05) is 7.11 Å². The number of fused-ring (bicyclic) bond motifs is 1. The van der Waals surface area contributed by atoms with Crippen LogP contribution in [0.1, 0.15) is 40.2 Å². The zero-order valence-corrected chi connectivity index (χ0v) is 12.2. The van der Waals surface area contributed by atoms with Crippen LogP contribution in [0, 0.1) is 13.8 Å². The van der Waals surface area contributed by atoms with Gasteiger partial charge in [-0.15, -0.1) is 0 Å². The van der Waals surface area contributed by atoms with Gasteiger partial charge in [-0.05, 0) is 56.5 Å². The average molecular weight is 269 g/mol. The summed E-state index contributed by atoms with van der Waals surface area (Å²) in [5, 5.41) is 0. The third-order valence-corrected chi connectivity index (χ3v) is 4.04. The number of methoxy groups -OCH3 is 1. The molecular weight excluding hydrogens is 250 g/mol. The van der Waals surface area contributed by atoms with E-state index in [1.54, 1.807) is 7.11 Å². The minimum atomic E-state index is 0.276. The standard InChI is InChI=1S/C17H19NO2/c1-11-9-13(7-8-17(11)20-3)18-12(2)10-14-15(18)5-4-6-16(14)19/h7-10H,4-6H2,1-3H3. The summed E-state index contributed by atoms with van der Waals surface area (Å²) in [5.41, 5.74) is 5.39. The quantitative estimate of drug-likeness (QED) is 0.833.